The van der Waals surface area contributed by atoms with Gasteiger partial charge in [-0.3, -0.25) is 0 Å². The van der Waals surface area contributed by atoms with E-state index in [2.05, 4.69) is 6.92 Å². The maximum atomic E-state index is 13.6. The van der Waals surface area contributed by atoms with Crippen LogP contribution in [0.2, 0.25) is 0 Å². The van der Waals surface area contributed by atoms with Crippen LogP contribution < -0.4 is 4.74 Å². The molecule has 108 valence electrons. The monoisotopic (exact) mass is 272 g/mol. The predicted molar refractivity (Wildman–Crippen MR) is 71.1 cm³/mol. The van der Waals surface area contributed by atoms with Crippen LogP contribution in [0.5, 0.6) is 5.75 Å². The van der Waals surface area contributed by atoms with Crippen molar-refractivity contribution in [2.75, 3.05) is 6.61 Å². The van der Waals surface area contributed by atoms with Crippen molar-refractivity contribution in [3.63, 3.8) is 0 Å². The van der Waals surface area contributed by atoms with Crippen molar-refractivity contribution in [2.24, 2.45) is 5.92 Å². The van der Waals surface area contributed by atoms with Crippen LogP contribution >= 0.6 is 0 Å². The first kappa shape index (κ1) is 15.9. The summed E-state index contributed by atoms with van der Waals surface area (Å²) in [4.78, 5) is 0. The molecule has 2 nitrogen and oxygen atoms in total. The van der Waals surface area contributed by atoms with E-state index < -0.39 is 11.6 Å². The molecule has 0 aliphatic heterocycles. The number of hydrogen-bond donors (Lipinski definition) is 1. The minimum atomic E-state index is -0.755. The molecule has 0 amide bonds. The lowest BCUT2D eigenvalue weighted by Gasteiger charge is -2.16. The Morgan fingerprint density at radius 3 is 2.32 bits per heavy atom. The van der Waals surface area contributed by atoms with Gasteiger partial charge in [-0.25, -0.2) is 8.78 Å². The average molecular weight is 272 g/mol. The highest BCUT2D eigenvalue weighted by Crippen LogP contribution is 2.25. The third kappa shape index (κ3) is 4.78. The first-order chi connectivity index (χ1) is 9.12. The van der Waals surface area contributed by atoms with Crippen LogP contribution in [0.15, 0.2) is 12.1 Å². The number of benzene rings is 1. The summed E-state index contributed by atoms with van der Waals surface area (Å²) in [5, 5.41) is 8.86. The van der Waals surface area contributed by atoms with E-state index in [0.29, 0.717) is 12.5 Å². The molecule has 0 heterocycles. The van der Waals surface area contributed by atoms with E-state index in [1.54, 1.807) is 0 Å². The Kier molecular flexibility index (Phi) is 6.78. The number of aliphatic hydroxyl groups excluding tert-OH is 1. The van der Waals surface area contributed by atoms with Gasteiger partial charge in [0.2, 0.25) is 0 Å². The first-order valence-electron chi connectivity index (χ1n) is 6.83. The molecule has 0 saturated carbocycles. The molecule has 0 saturated heterocycles. The number of halogens is 2. The van der Waals surface area contributed by atoms with Crippen LogP contribution in [0.25, 0.3) is 0 Å². The Labute approximate surface area is 113 Å². The number of aliphatic hydroxyl groups is 1. The third-order valence-corrected chi connectivity index (χ3v) is 3.25. The molecule has 0 spiro atoms. The molecule has 1 N–H and O–H groups in total. The molecule has 0 aliphatic carbocycles. The van der Waals surface area contributed by atoms with Gasteiger partial charge in [0.05, 0.1) is 13.2 Å². The number of ether oxygens (including phenoxy) is 1. The summed E-state index contributed by atoms with van der Waals surface area (Å²) >= 11 is 0. The molecule has 0 aromatic heterocycles. The van der Waals surface area contributed by atoms with Crippen molar-refractivity contribution in [3.05, 3.63) is 29.3 Å². The molecule has 0 aliphatic rings. The summed E-state index contributed by atoms with van der Waals surface area (Å²) < 4.78 is 32.5. The van der Waals surface area contributed by atoms with E-state index in [9.17, 15) is 8.78 Å². The van der Waals surface area contributed by atoms with Gasteiger partial charge in [-0.15, -0.1) is 0 Å². The smallest absolute Gasteiger partial charge is 0.190 e. The summed E-state index contributed by atoms with van der Waals surface area (Å²) in [7, 11) is 0. The van der Waals surface area contributed by atoms with Gasteiger partial charge < -0.3 is 9.84 Å². The molecule has 1 aromatic carbocycles. The van der Waals surface area contributed by atoms with Gasteiger partial charge >= 0.3 is 0 Å². The SMILES string of the molecule is CCCCC(CC)COc1c(F)cc(CO)cc1F. The Hall–Kier alpha value is -1.16. The second kappa shape index (κ2) is 8.10. The minimum absolute atomic E-state index is 0.209. The van der Waals surface area contributed by atoms with E-state index in [4.69, 9.17) is 9.84 Å². The zero-order valence-corrected chi connectivity index (χ0v) is 11.6. The van der Waals surface area contributed by atoms with Crippen LogP contribution in [0, 0.1) is 17.6 Å². The predicted octanol–water partition coefficient (Wildman–Crippen LogP) is 4.05. The second-order valence-corrected chi connectivity index (χ2v) is 4.77. The van der Waals surface area contributed by atoms with Gasteiger partial charge in [0.25, 0.3) is 0 Å². The molecule has 19 heavy (non-hydrogen) atoms. The van der Waals surface area contributed by atoms with Gasteiger partial charge in [0.1, 0.15) is 0 Å². The summed E-state index contributed by atoms with van der Waals surface area (Å²) in [6.45, 7) is 4.09. The Balaban J connectivity index is 2.66. The number of rotatable bonds is 8. The zero-order chi connectivity index (χ0) is 14.3. The van der Waals surface area contributed by atoms with E-state index in [1.165, 1.54) is 0 Å². The molecular formula is C15H22F2O2. The summed E-state index contributed by atoms with van der Waals surface area (Å²) in [5.41, 5.74) is 0.209. The number of unbranched alkanes of at least 4 members (excludes halogenated alkanes) is 1. The number of hydrogen-bond acceptors (Lipinski definition) is 2. The summed E-state index contributed by atoms with van der Waals surface area (Å²) in [6, 6.07) is 2.21. The Morgan fingerprint density at radius 1 is 1.21 bits per heavy atom. The molecule has 1 aromatic rings. The standard InChI is InChI=1S/C15H22F2O2/c1-3-5-6-11(4-2)10-19-15-13(16)7-12(9-18)8-14(15)17/h7-8,11,18H,3-6,9-10H2,1-2H3. The maximum absolute atomic E-state index is 13.6. The van der Waals surface area contributed by atoms with E-state index in [0.717, 1.165) is 37.8 Å². The fourth-order valence-corrected chi connectivity index (χ4v) is 1.94. The minimum Gasteiger partial charge on any atom is -0.487 e. The lowest BCUT2D eigenvalue weighted by molar-refractivity contribution is 0.215. The largest absolute Gasteiger partial charge is 0.487 e. The fraction of sp³-hybridized carbons (Fsp3) is 0.600. The van der Waals surface area contributed by atoms with Crippen molar-refractivity contribution in [1.82, 2.24) is 0 Å². The van der Waals surface area contributed by atoms with Gasteiger partial charge in [-0.05, 0) is 30.0 Å². The molecule has 0 fully saturated rings. The Bertz CT molecular complexity index is 371. The van der Waals surface area contributed by atoms with Crippen molar-refractivity contribution in [2.45, 2.75) is 46.1 Å². The van der Waals surface area contributed by atoms with Crippen LogP contribution in [-0.2, 0) is 6.61 Å². The fourth-order valence-electron chi connectivity index (χ4n) is 1.94. The quantitative estimate of drug-likeness (QED) is 0.773. The molecule has 1 atom stereocenters. The van der Waals surface area contributed by atoms with Crippen molar-refractivity contribution < 1.29 is 18.6 Å². The molecule has 4 heteroatoms. The molecular weight excluding hydrogens is 250 g/mol. The zero-order valence-electron chi connectivity index (χ0n) is 11.6. The molecule has 1 unspecified atom stereocenters. The first-order valence-corrected chi connectivity index (χ1v) is 6.83. The lowest BCUT2D eigenvalue weighted by Crippen LogP contribution is -2.13. The van der Waals surface area contributed by atoms with Crippen LogP contribution in [-0.4, -0.2) is 11.7 Å². The lowest BCUT2D eigenvalue weighted by atomic mass is 10.0. The van der Waals surface area contributed by atoms with E-state index in [-0.39, 0.29) is 17.9 Å². The molecule has 0 bridgehead atoms. The highest BCUT2D eigenvalue weighted by atomic mass is 19.1. The van der Waals surface area contributed by atoms with Gasteiger partial charge in [0, 0.05) is 0 Å². The third-order valence-electron chi connectivity index (χ3n) is 3.25. The summed E-state index contributed by atoms with van der Waals surface area (Å²) in [5.74, 6) is -1.53. The van der Waals surface area contributed by atoms with Gasteiger partial charge in [-0.1, -0.05) is 33.1 Å². The van der Waals surface area contributed by atoms with E-state index >= 15 is 0 Å². The van der Waals surface area contributed by atoms with Gasteiger partial charge in [0.15, 0.2) is 17.4 Å². The van der Waals surface area contributed by atoms with Crippen molar-refractivity contribution >= 4 is 0 Å². The highest BCUT2D eigenvalue weighted by molar-refractivity contribution is 5.31. The van der Waals surface area contributed by atoms with Crippen LogP contribution in [0.3, 0.4) is 0 Å². The summed E-state index contributed by atoms with van der Waals surface area (Å²) in [6.07, 6.45) is 4.13. The molecule has 1 rings (SSSR count). The Morgan fingerprint density at radius 2 is 1.84 bits per heavy atom. The van der Waals surface area contributed by atoms with Crippen molar-refractivity contribution in [3.8, 4) is 5.75 Å². The van der Waals surface area contributed by atoms with E-state index in [1.807, 2.05) is 6.92 Å². The topological polar surface area (TPSA) is 29.5 Å². The molecule has 0 radical (unpaired) electrons. The average Bonchev–Trinajstić information content (AvgIpc) is 2.40. The second-order valence-electron chi connectivity index (χ2n) is 4.77. The van der Waals surface area contributed by atoms with Crippen molar-refractivity contribution in [1.29, 1.82) is 0 Å². The van der Waals surface area contributed by atoms with Gasteiger partial charge in [-0.2, -0.15) is 0 Å². The van der Waals surface area contributed by atoms with Crippen LogP contribution in [0.1, 0.15) is 45.1 Å². The highest BCUT2D eigenvalue weighted by Gasteiger charge is 2.14. The van der Waals surface area contributed by atoms with Crippen LogP contribution in [0.4, 0.5) is 8.78 Å². The normalized spacial score (nSPS) is 12.5. The maximum Gasteiger partial charge on any atom is 0.190 e.